The smallest absolute Gasteiger partial charge is 0.277 e. The molecule has 3 heterocycles. The van der Waals surface area contributed by atoms with Crippen LogP contribution < -0.4 is 9.47 Å². The van der Waals surface area contributed by atoms with E-state index in [0.717, 1.165) is 42.0 Å². The molecule has 1 unspecified atom stereocenters. The fourth-order valence-electron chi connectivity index (χ4n) is 4.02. The number of aromatic nitrogens is 2. The van der Waals surface area contributed by atoms with Crippen LogP contribution in [0.3, 0.4) is 0 Å². The van der Waals surface area contributed by atoms with Crippen LogP contribution in [0.15, 0.2) is 58.2 Å². The fourth-order valence-corrected chi connectivity index (χ4v) is 4.69. The standard InChI is InChI=1S/C23H23N3O4S/c27-22(15-31-23-25-24-21(30-23)13-16-5-2-1-3-6-16)26-10-4-7-18(26)17-8-9-19-20(14-17)29-12-11-28-19/h1-3,5-6,8-9,14,18H,4,7,10-13,15H2. The molecule has 1 aromatic heterocycles. The van der Waals surface area contributed by atoms with Gasteiger partial charge >= 0.3 is 0 Å². The van der Waals surface area contributed by atoms with Crippen LogP contribution in [0, 0.1) is 0 Å². The molecule has 0 saturated carbocycles. The number of ether oxygens (including phenoxy) is 2. The van der Waals surface area contributed by atoms with E-state index < -0.39 is 0 Å². The van der Waals surface area contributed by atoms with Crippen molar-refractivity contribution in [3.8, 4) is 11.5 Å². The van der Waals surface area contributed by atoms with Crippen LogP contribution in [0.4, 0.5) is 0 Å². The molecule has 31 heavy (non-hydrogen) atoms. The van der Waals surface area contributed by atoms with Crippen molar-refractivity contribution in [1.82, 2.24) is 15.1 Å². The van der Waals surface area contributed by atoms with Crippen molar-refractivity contribution in [2.75, 3.05) is 25.5 Å². The Morgan fingerprint density at radius 3 is 2.77 bits per heavy atom. The number of amides is 1. The van der Waals surface area contributed by atoms with Crippen LogP contribution >= 0.6 is 11.8 Å². The molecule has 1 fully saturated rings. The lowest BCUT2D eigenvalue weighted by Gasteiger charge is -2.26. The number of hydrogen-bond donors (Lipinski definition) is 0. The summed E-state index contributed by atoms with van der Waals surface area (Å²) in [5, 5.41) is 8.61. The second-order valence-electron chi connectivity index (χ2n) is 7.56. The lowest BCUT2D eigenvalue weighted by molar-refractivity contribution is -0.129. The van der Waals surface area contributed by atoms with Gasteiger partial charge in [0, 0.05) is 6.54 Å². The molecule has 160 valence electrons. The molecule has 1 saturated heterocycles. The quantitative estimate of drug-likeness (QED) is 0.542. The normalized spacial score (nSPS) is 17.7. The van der Waals surface area contributed by atoms with Gasteiger partial charge in [-0.25, -0.2) is 0 Å². The topological polar surface area (TPSA) is 77.7 Å². The predicted molar refractivity (Wildman–Crippen MR) is 115 cm³/mol. The van der Waals surface area contributed by atoms with Crippen molar-refractivity contribution in [2.24, 2.45) is 0 Å². The summed E-state index contributed by atoms with van der Waals surface area (Å²) in [6.45, 7) is 1.87. The third-order valence-corrected chi connectivity index (χ3v) is 6.29. The molecule has 3 aromatic rings. The lowest BCUT2D eigenvalue weighted by atomic mass is 10.0. The summed E-state index contributed by atoms with van der Waals surface area (Å²) >= 11 is 1.29. The van der Waals surface area contributed by atoms with E-state index in [2.05, 4.69) is 10.2 Å². The van der Waals surface area contributed by atoms with Crippen molar-refractivity contribution in [2.45, 2.75) is 30.5 Å². The molecule has 0 aliphatic carbocycles. The second kappa shape index (κ2) is 9.01. The minimum Gasteiger partial charge on any atom is -0.486 e. The first-order valence-corrected chi connectivity index (χ1v) is 11.4. The summed E-state index contributed by atoms with van der Waals surface area (Å²) in [6, 6.07) is 16.0. The Kier molecular flexibility index (Phi) is 5.80. The highest BCUT2D eigenvalue weighted by molar-refractivity contribution is 7.99. The van der Waals surface area contributed by atoms with E-state index >= 15 is 0 Å². The minimum absolute atomic E-state index is 0.0558. The molecule has 2 aliphatic rings. The van der Waals surface area contributed by atoms with Crippen molar-refractivity contribution >= 4 is 17.7 Å². The predicted octanol–water partition coefficient (Wildman–Crippen LogP) is 3.89. The molecule has 5 rings (SSSR count). The van der Waals surface area contributed by atoms with Crippen molar-refractivity contribution in [3.63, 3.8) is 0 Å². The van der Waals surface area contributed by atoms with E-state index in [0.29, 0.717) is 30.7 Å². The third-order valence-electron chi connectivity index (χ3n) is 5.49. The van der Waals surface area contributed by atoms with Gasteiger partial charge in [-0.15, -0.1) is 10.2 Å². The number of nitrogens with zero attached hydrogens (tertiary/aromatic N) is 3. The van der Waals surface area contributed by atoms with Crippen molar-refractivity contribution in [1.29, 1.82) is 0 Å². The zero-order valence-corrected chi connectivity index (χ0v) is 17.8. The average molecular weight is 438 g/mol. The molecule has 0 bridgehead atoms. The van der Waals surface area contributed by atoms with Crippen LogP contribution in [0.1, 0.15) is 35.9 Å². The first kappa shape index (κ1) is 19.9. The van der Waals surface area contributed by atoms with Crippen molar-refractivity contribution < 1.29 is 18.7 Å². The maximum Gasteiger partial charge on any atom is 0.277 e. The Hall–Kier alpha value is -3.00. The molecule has 1 amide bonds. The Bertz CT molecular complexity index is 1060. The Morgan fingerprint density at radius 2 is 1.90 bits per heavy atom. The Labute approximate surface area is 184 Å². The molecule has 0 radical (unpaired) electrons. The second-order valence-corrected chi connectivity index (χ2v) is 8.49. The number of hydrogen-bond acceptors (Lipinski definition) is 7. The maximum atomic E-state index is 12.9. The van der Waals surface area contributed by atoms with Gasteiger partial charge < -0.3 is 18.8 Å². The van der Waals surface area contributed by atoms with Gasteiger partial charge in [0.05, 0.1) is 18.2 Å². The molecule has 7 nitrogen and oxygen atoms in total. The first-order valence-electron chi connectivity index (χ1n) is 10.4. The molecule has 0 spiro atoms. The van der Waals surface area contributed by atoms with E-state index in [-0.39, 0.29) is 17.7 Å². The summed E-state index contributed by atoms with van der Waals surface area (Å²) < 4.78 is 17.0. The summed E-state index contributed by atoms with van der Waals surface area (Å²) in [4.78, 5) is 14.9. The van der Waals surface area contributed by atoms with Gasteiger partial charge in [-0.05, 0) is 36.1 Å². The van der Waals surface area contributed by atoms with E-state index in [1.165, 1.54) is 11.8 Å². The van der Waals surface area contributed by atoms with Crippen molar-refractivity contribution in [3.05, 3.63) is 65.5 Å². The average Bonchev–Trinajstić information content (AvgIpc) is 3.48. The highest BCUT2D eigenvalue weighted by atomic mass is 32.2. The first-order chi connectivity index (χ1) is 15.3. The van der Waals surface area contributed by atoms with Gasteiger partial charge in [0.2, 0.25) is 11.8 Å². The van der Waals surface area contributed by atoms with E-state index in [1.807, 2.05) is 53.4 Å². The highest BCUT2D eigenvalue weighted by Gasteiger charge is 2.31. The number of benzene rings is 2. The number of carbonyl (C=O) groups excluding carboxylic acids is 1. The molecule has 2 aromatic carbocycles. The third kappa shape index (κ3) is 4.54. The van der Waals surface area contributed by atoms with Gasteiger partial charge in [0.1, 0.15) is 13.2 Å². The number of thioether (sulfide) groups is 1. The van der Waals surface area contributed by atoms with E-state index in [9.17, 15) is 4.79 Å². The van der Waals surface area contributed by atoms with Gasteiger partial charge in [-0.1, -0.05) is 48.2 Å². The fraction of sp³-hybridized carbons (Fsp3) is 0.348. The highest BCUT2D eigenvalue weighted by Crippen LogP contribution is 2.38. The van der Waals surface area contributed by atoms with Gasteiger partial charge in [0.25, 0.3) is 5.22 Å². The van der Waals surface area contributed by atoms with Gasteiger partial charge in [-0.3, -0.25) is 4.79 Å². The molecular formula is C23H23N3O4S. The van der Waals surface area contributed by atoms with Gasteiger partial charge in [0.15, 0.2) is 11.5 Å². The van der Waals surface area contributed by atoms with Crippen LogP contribution in [-0.4, -0.2) is 46.5 Å². The van der Waals surface area contributed by atoms with E-state index in [4.69, 9.17) is 13.9 Å². The monoisotopic (exact) mass is 437 g/mol. The van der Waals surface area contributed by atoms with Gasteiger partial charge in [-0.2, -0.15) is 0 Å². The minimum atomic E-state index is 0.0558. The summed E-state index contributed by atoms with van der Waals surface area (Å²) in [5.41, 5.74) is 2.20. The van der Waals surface area contributed by atoms with Crippen LogP contribution in [0.2, 0.25) is 0 Å². The SMILES string of the molecule is O=C(CSc1nnc(Cc2ccccc2)o1)N1CCCC1c1ccc2c(c1)OCCO2. The van der Waals surface area contributed by atoms with Crippen LogP contribution in [0.5, 0.6) is 11.5 Å². The zero-order valence-electron chi connectivity index (χ0n) is 17.0. The Balaban J connectivity index is 1.20. The summed E-state index contributed by atoms with van der Waals surface area (Å²) in [6.07, 6.45) is 2.51. The number of rotatable bonds is 6. The summed E-state index contributed by atoms with van der Waals surface area (Å²) in [7, 11) is 0. The summed E-state index contributed by atoms with van der Waals surface area (Å²) in [5.74, 6) is 2.42. The molecule has 1 atom stereocenters. The molecular weight excluding hydrogens is 414 g/mol. The van der Waals surface area contributed by atoms with Crippen LogP contribution in [0.25, 0.3) is 0 Å². The maximum absolute atomic E-state index is 12.9. The number of likely N-dealkylation sites (tertiary alicyclic amines) is 1. The number of carbonyl (C=O) groups is 1. The molecule has 8 heteroatoms. The number of fused-ring (bicyclic) bond motifs is 1. The lowest BCUT2D eigenvalue weighted by Crippen LogP contribution is -2.32. The van der Waals surface area contributed by atoms with Crippen LogP contribution in [-0.2, 0) is 11.2 Å². The molecule has 0 N–H and O–H groups in total. The zero-order chi connectivity index (χ0) is 21.0. The van der Waals surface area contributed by atoms with E-state index in [1.54, 1.807) is 0 Å². The largest absolute Gasteiger partial charge is 0.486 e. The Morgan fingerprint density at radius 1 is 1.06 bits per heavy atom. The molecule has 2 aliphatic heterocycles.